The highest BCUT2D eigenvalue weighted by Gasteiger charge is 2.18. The summed E-state index contributed by atoms with van der Waals surface area (Å²) in [6, 6.07) is 9.70. The van der Waals surface area contributed by atoms with Crippen molar-refractivity contribution in [2.24, 2.45) is 0 Å². The van der Waals surface area contributed by atoms with Crippen LogP contribution >= 0.6 is 0 Å². The van der Waals surface area contributed by atoms with Crippen LogP contribution in [0.4, 0.5) is 11.5 Å². The van der Waals surface area contributed by atoms with Crippen LogP contribution in [0.1, 0.15) is 0 Å². The molecule has 4 aromatic rings. The number of rotatable bonds is 4. The number of benzene rings is 2. The van der Waals surface area contributed by atoms with Crippen molar-refractivity contribution in [2.75, 3.05) is 25.7 Å². The van der Waals surface area contributed by atoms with Crippen LogP contribution in [0.5, 0.6) is 11.5 Å². The predicted molar refractivity (Wildman–Crippen MR) is 105 cm³/mol. The van der Waals surface area contributed by atoms with Crippen molar-refractivity contribution in [1.29, 1.82) is 0 Å². The molecular weight excluding hydrogens is 344 g/mol. The molecule has 0 saturated heterocycles. The molecule has 0 bridgehead atoms. The molecule has 0 unspecified atom stereocenters. The maximum absolute atomic E-state index is 5.82. The van der Waals surface area contributed by atoms with Gasteiger partial charge in [-0.2, -0.15) is 0 Å². The highest BCUT2D eigenvalue weighted by molar-refractivity contribution is 6.02. The average molecular weight is 362 g/mol. The van der Waals surface area contributed by atoms with Crippen LogP contribution in [0, 0.1) is 0 Å². The first kappa shape index (κ1) is 16.7. The van der Waals surface area contributed by atoms with Crippen LogP contribution in [0.3, 0.4) is 0 Å². The molecule has 4 rings (SSSR count). The SMILES string of the molecule is COc1cc2cc(-c3ncc(N)c(N)n3)ccc2c(-c2ccoc2)c1OC. The smallest absolute Gasteiger partial charge is 0.169 e. The zero-order valence-corrected chi connectivity index (χ0v) is 14.9. The van der Waals surface area contributed by atoms with E-state index >= 15 is 0 Å². The van der Waals surface area contributed by atoms with Crippen molar-refractivity contribution in [3.05, 3.63) is 49.1 Å². The van der Waals surface area contributed by atoms with Crippen molar-refractivity contribution in [2.45, 2.75) is 0 Å². The number of hydrogen-bond acceptors (Lipinski definition) is 7. The molecule has 0 aliphatic heterocycles. The minimum absolute atomic E-state index is 0.256. The number of nitrogens with two attached hydrogens (primary N) is 2. The third-order valence-electron chi connectivity index (χ3n) is 4.40. The lowest BCUT2D eigenvalue weighted by atomic mass is 9.96. The van der Waals surface area contributed by atoms with E-state index in [4.69, 9.17) is 25.4 Å². The quantitative estimate of drug-likeness (QED) is 0.569. The molecule has 0 radical (unpaired) electrons. The molecular formula is C20H18N4O3. The van der Waals surface area contributed by atoms with Crippen LogP contribution in [0.25, 0.3) is 33.3 Å². The fraction of sp³-hybridized carbons (Fsp3) is 0.100. The van der Waals surface area contributed by atoms with Gasteiger partial charge in [0.15, 0.2) is 23.1 Å². The van der Waals surface area contributed by atoms with Gasteiger partial charge >= 0.3 is 0 Å². The van der Waals surface area contributed by atoms with Crippen molar-refractivity contribution >= 4 is 22.3 Å². The van der Waals surface area contributed by atoms with Gasteiger partial charge in [-0.25, -0.2) is 9.97 Å². The van der Waals surface area contributed by atoms with Gasteiger partial charge in [-0.3, -0.25) is 0 Å². The van der Waals surface area contributed by atoms with Crippen LogP contribution in [-0.4, -0.2) is 24.2 Å². The van der Waals surface area contributed by atoms with E-state index in [0.29, 0.717) is 23.0 Å². The summed E-state index contributed by atoms with van der Waals surface area (Å²) in [6.07, 6.45) is 4.81. The monoisotopic (exact) mass is 362 g/mol. The number of nitrogens with zero attached hydrogens (tertiary/aromatic N) is 2. The minimum Gasteiger partial charge on any atom is -0.493 e. The van der Waals surface area contributed by atoms with Crippen LogP contribution in [0.2, 0.25) is 0 Å². The zero-order chi connectivity index (χ0) is 19.0. The lowest BCUT2D eigenvalue weighted by Gasteiger charge is -2.15. The molecule has 4 N–H and O–H groups in total. The molecule has 2 aromatic carbocycles. The molecule has 2 heterocycles. The Morgan fingerprint density at radius 1 is 1.00 bits per heavy atom. The Balaban J connectivity index is 1.98. The molecule has 2 aromatic heterocycles. The maximum Gasteiger partial charge on any atom is 0.169 e. The molecule has 27 heavy (non-hydrogen) atoms. The number of furan rings is 1. The molecule has 7 heteroatoms. The molecule has 0 spiro atoms. The van der Waals surface area contributed by atoms with Gasteiger partial charge in [-0.05, 0) is 29.0 Å². The second kappa shape index (κ2) is 6.53. The fourth-order valence-electron chi connectivity index (χ4n) is 3.09. The standard InChI is InChI=1S/C20H18N4O3/c1-25-16-8-13-7-11(20-23-9-15(21)19(22)24-20)3-4-14(13)17(18(16)26-2)12-5-6-27-10-12/h3-10H,21H2,1-2H3,(H2,22,23,24). The number of aromatic nitrogens is 2. The van der Waals surface area contributed by atoms with Crippen LogP contribution in [0.15, 0.2) is 53.5 Å². The topological polar surface area (TPSA) is 109 Å². The second-order valence-electron chi connectivity index (χ2n) is 5.97. The molecule has 0 atom stereocenters. The first-order chi connectivity index (χ1) is 13.1. The van der Waals surface area contributed by atoms with E-state index in [-0.39, 0.29) is 5.82 Å². The summed E-state index contributed by atoms with van der Waals surface area (Å²) < 4.78 is 16.4. The highest BCUT2D eigenvalue weighted by atomic mass is 16.5. The van der Waals surface area contributed by atoms with Gasteiger partial charge in [0, 0.05) is 16.7 Å². The first-order valence-electron chi connectivity index (χ1n) is 8.22. The Kier molecular flexibility index (Phi) is 4.04. The van der Waals surface area contributed by atoms with Crippen molar-refractivity contribution in [3.63, 3.8) is 0 Å². The van der Waals surface area contributed by atoms with Crippen molar-refractivity contribution < 1.29 is 13.9 Å². The van der Waals surface area contributed by atoms with Gasteiger partial charge in [-0.15, -0.1) is 0 Å². The second-order valence-corrected chi connectivity index (χ2v) is 5.97. The van der Waals surface area contributed by atoms with E-state index in [9.17, 15) is 0 Å². The number of hydrogen-bond donors (Lipinski definition) is 2. The molecule has 0 aliphatic carbocycles. The van der Waals surface area contributed by atoms with E-state index in [1.807, 2.05) is 30.3 Å². The summed E-state index contributed by atoms with van der Waals surface area (Å²) in [5.74, 6) is 2.03. The summed E-state index contributed by atoms with van der Waals surface area (Å²) in [7, 11) is 3.23. The van der Waals surface area contributed by atoms with Gasteiger partial charge < -0.3 is 25.4 Å². The first-order valence-corrected chi connectivity index (χ1v) is 8.22. The number of fused-ring (bicyclic) bond motifs is 1. The van der Waals surface area contributed by atoms with E-state index in [2.05, 4.69) is 9.97 Å². The van der Waals surface area contributed by atoms with Crippen LogP contribution in [-0.2, 0) is 0 Å². The minimum atomic E-state index is 0.256. The maximum atomic E-state index is 5.82. The highest BCUT2D eigenvalue weighted by Crippen LogP contribution is 2.44. The summed E-state index contributed by atoms with van der Waals surface area (Å²) in [5.41, 5.74) is 14.5. The molecule has 7 nitrogen and oxygen atoms in total. The number of nitrogen functional groups attached to an aromatic ring is 2. The Bertz CT molecular complexity index is 1120. The normalized spacial score (nSPS) is 10.9. The predicted octanol–water partition coefficient (Wildman–Crippen LogP) is 3.74. The Labute approximate surface area is 155 Å². The average Bonchev–Trinajstić information content (AvgIpc) is 3.22. The van der Waals surface area contributed by atoms with Gasteiger partial charge in [0.1, 0.15) is 0 Å². The Hall–Kier alpha value is -3.74. The van der Waals surface area contributed by atoms with Gasteiger partial charge in [0.25, 0.3) is 0 Å². The Morgan fingerprint density at radius 3 is 2.52 bits per heavy atom. The largest absolute Gasteiger partial charge is 0.493 e. The van der Waals surface area contributed by atoms with Crippen molar-refractivity contribution in [1.82, 2.24) is 9.97 Å². The van der Waals surface area contributed by atoms with E-state index < -0.39 is 0 Å². The molecule has 136 valence electrons. The van der Waals surface area contributed by atoms with Gasteiger partial charge in [0.05, 0.1) is 38.6 Å². The number of methoxy groups -OCH3 is 2. The summed E-state index contributed by atoms with van der Waals surface area (Å²) >= 11 is 0. The lowest BCUT2D eigenvalue weighted by molar-refractivity contribution is 0.357. The van der Waals surface area contributed by atoms with Gasteiger partial charge in [-0.1, -0.05) is 12.1 Å². The fourth-order valence-corrected chi connectivity index (χ4v) is 3.09. The van der Waals surface area contributed by atoms with Gasteiger partial charge in [0.2, 0.25) is 0 Å². The number of anilines is 2. The Morgan fingerprint density at radius 2 is 1.85 bits per heavy atom. The van der Waals surface area contributed by atoms with E-state index in [1.165, 1.54) is 6.20 Å². The zero-order valence-electron chi connectivity index (χ0n) is 14.9. The molecule has 0 aliphatic rings. The summed E-state index contributed by atoms with van der Waals surface area (Å²) in [4.78, 5) is 8.55. The van der Waals surface area contributed by atoms with Crippen LogP contribution < -0.4 is 20.9 Å². The summed E-state index contributed by atoms with van der Waals surface area (Å²) in [5, 5.41) is 1.93. The number of ether oxygens (including phenoxy) is 2. The van der Waals surface area contributed by atoms with E-state index in [1.54, 1.807) is 26.7 Å². The molecule has 0 amide bonds. The molecule has 0 saturated carbocycles. The summed E-state index contributed by atoms with van der Waals surface area (Å²) in [6.45, 7) is 0. The molecule has 0 fully saturated rings. The third-order valence-corrected chi connectivity index (χ3v) is 4.40. The third kappa shape index (κ3) is 2.79. The van der Waals surface area contributed by atoms with Crippen molar-refractivity contribution in [3.8, 4) is 34.0 Å². The lowest BCUT2D eigenvalue weighted by Crippen LogP contribution is -2.01. The van der Waals surface area contributed by atoms with E-state index in [0.717, 1.165) is 27.5 Å².